The quantitative estimate of drug-likeness (QED) is 0.742. The number of hydrogen-bond acceptors (Lipinski definition) is 2. The molecule has 0 fully saturated rings. The molecule has 3 aromatic rings. The average Bonchev–Trinajstić information content (AvgIpc) is 2.96. The molecule has 21 heavy (non-hydrogen) atoms. The molecule has 1 heterocycles. The van der Waals surface area contributed by atoms with Crippen molar-refractivity contribution in [3.8, 4) is 11.1 Å². The van der Waals surface area contributed by atoms with Crippen molar-refractivity contribution >= 4 is 6.29 Å². The highest BCUT2D eigenvalue weighted by Crippen LogP contribution is 2.21. The number of aromatic nitrogens is 2. The lowest BCUT2D eigenvalue weighted by Gasteiger charge is -2.04. The van der Waals surface area contributed by atoms with Crippen LogP contribution in [0.2, 0.25) is 0 Å². The molecule has 0 unspecified atom stereocenters. The molecule has 0 radical (unpaired) electrons. The van der Waals surface area contributed by atoms with Gasteiger partial charge in [0.05, 0.1) is 6.20 Å². The van der Waals surface area contributed by atoms with Gasteiger partial charge in [-0.25, -0.2) is 4.39 Å². The Hall–Kier alpha value is -2.75. The molecule has 0 saturated carbocycles. The van der Waals surface area contributed by atoms with E-state index in [1.165, 1.54) is 12.1 Å². The molecule has 4 heteroatoms. The van der Waals surface area contributed by atoms with E-state index in [9.17, 15) is 9.18 Å². The maximum absolute atomic E-state index is 12.9. The highest BCUT2D eigenvalue weighted by Gasteiger charge is 2.05. The molecule has 2 aromatic carbocycles. The number of carbonyl (C=O) groups excluding carboxylic acids is 1. The number of nitrogens with zero attached hydrogens (tertiary/aromatic N) is 1. The number of nitrogens with one attached hydrogen (secondary N) is 1. The zero-order chi connectivity index (χ0) is 14.7. The SMILES string of the molecule is O=Cc1[nH]ncc1Cc1ccc(-c2ccc(F)cc2)cc1. The van der Waals surface area contributed by atoms with Crippen LogP contribution in [0.25, 0.3) is 11.1 Å². The molecule has 0 spiro atoms. The maximum atomic E-state index is 12.9. The molecule has 0 bridgehead atoms. The first-order valence-electron chi connectivity index (χ1n) is 6.58. The topological polar surface area (TPSA) is 45.8 Å². The fraction of sp³-hybridized carbons (Fsp3) is 0.0588. The van der Waals surface area contributed by atoms with Crippen LogP contribution < -0.4 is 0 Å². The summed E-state index contributed by atoms with van der Waals surface area (Å²) in [4.78, 5) is 10.8. The second kappa shape index (κ2) is 5.71. The van der Waals surface area contributed by atoms with Crippen LogP contribution in [-0.4, -0.2) is 16.5 Å². The Bertz CT molecular complexity index is 745. The van der Waals surface area contributed by atoms with Crippen molar-refractivity contribution in [3.05, 3.63) is 77.4 Å². The highest BCUT2D eigenvalue weighted by atomic mass is 19.1. The summed E-state index contributed by atoms with van der Waals surface area (Å²) in [5.41, 5.74) is 4.48. The molecule has 0 aliphatic carbocycles. The second-order valence-electron chi connectivity index (χ2n) is 4.81. The molecule has 1 N–H and O–H groups in total. The predicted octanol–water partition coefficient (Wildman–Crippen LogP) is 3.62. The number of rotatable bonds is 4. The third kappa shape index (κ3) is 2.89. The van der Waals surface area contributed by atoms with Gasteiger partial charge in [0.25, 0.3) is 0 Å². The zero-order valence-corrected chi connectivity index (χ0v) is 11.2. The van der Waals surface area contributed by atoms with Crippen LogP contribution in [0.5, 0.6) is 0 Å². The monoisotopic (exact) mass is 280 g/mol. The largest absolute Gasteiger partial charge is 0.296 e. The van der Waals surface area contributed by atoms with E-state index in [4.69, 9.17) is 0 Å². The Morgan fingerprint density at radius 3 is 2.24 bits per heavy atom. The van der Waals surface area contributed by atoms with E-state index in [-0.39, 0.29) is 5.82 Å². The van der Waals surface area contributed by atoms with E-state index in [1.54, 1.807) is 18.3 Å². The summed E-state index contributed by atoms with van der Waals surface area (Å²) in [5.74, 6) is -0.239. The Kier molecular flexibility index (Phi) is 3.60. The number of aldehydes is 1. The first-order valence-corrected chi connectivity index (χ1v) is 6.58. The normalized spacial score (nSPS) is 10.5. The smallest absolute Gasteiger partial charge is 0.168 e. The van der Waals surface area contributed by atoms with Gasteiger partial charge in [-0.1, -0.05) is 36.4 Å². The summed E-state index contributed by atoms with van der Waals surface area (Å²) in [6, 6.07) is 14.4. The zero-order valence-electron chi connectivity index (χ0n) is 11.2. The number of aromatic amines is 1. The predicted molar refractivity (Wildman–Crippen MR) is 78.6 cm³/mol. The van der Waals surface area contributed by atoms with Gasteiger partial charge in [0.1, 0.15) is 11.5 Å². The third-order valence-electron chi connectivity index (χ3n) is 3.40. The van der Waals surface area contributed by atoms with Crippen LogP contribution in [0.4, 0.5) is 4.39 Å². The molecular formula is C17H13FN2O. The van der Waals surface area contributed by atoms with Crippen LogP contribution in [0.15, 0.2) is 54.7 Å². The molecule has 0 aliphatic heterocycles. The average molecular weight is 280 g/mol. The maximum Gasteiger partial charge on any atom is 0.168 e. The molecule has 0 aliphatic rings. The van der Waals surface area contributed by atoms with Crippen molar-refractivity contribution in [2.75, 3.05) is 0 Å². The summed E-state index contributed by atoms with van der Waals surface area (Å²) in [7, 11) is 0. The lowest BCUT2D eigenvalue weighted by Crippen LogP contribution is -1.92. The fourth-order valence-electron chi connectivity index (χ4n) is 2.24. The van der Waals surface area contributed by atoms with Crippen molar-refractivity contribution < 1.29 is 9.18 Å². The van der Waals surface area contributed by atoms with E-state index in [2.05, 4.69) is 10.2 Å². The van der Waals surface area contributed by atoms with Gasteiger partial charge in [0.2, 0.25) is 0 Å². The Morgan fingerprint density at radius 1 is 1.00 bits per heavy atom. The number of hydrogen-bond donors (Lipinski definition) is 1. The van der Waals surface area contributed by atoms with E-state index in [1.807, 2.05) is 24.3 Å². The van der Waals surface area contributed by atoms with Crippen LogP contribution in [-0.2, 0) is 6.42 Å². The van der Waals surface area contributed by atoms with Crippen molar-refractivity contribution in [2.24, 2.45) is 0 Å². The van der Waals surface area contributed by atoms with Gasteiger partial charge in [-0.15, -0.1) is 0 Å². The van der Waals surface area contributed by atoms with Crippen LogP contribution in [0, 0.1) is 5.82 Å². The van der Waals surface area contributed by atoms with Crippen LogP contribution >= 0.6 is 0 Å². The van der Waals surface area contributed by atoms with Gasteiger partial charge in [0, 0.05) is 12.0 Å². The Balaban J connectivity index is 1.81. The standard InChI is InChI=1S/C17H13FN2O/c18-16-7-5-14(6-8-16)13-3-1-12(2-4-13)9-15-10-19-20-17(15)11-21/h1-8,10-11H,9H2,(H,19,20). The molecule has 0 atom stereocenters. The fourth-order valence-corrected chi connectivity index (χ4v) is 2.24. The van der Waals surface area contributed by atoms with Gasteiger partial charge in [-0.3, -0.25) is 9.89 Å². The van der Waals surface area contributed by atoms with Crippen molar-refractivity contribution in [1.82, 2.24) is 10.2 Å². The van der Waals surface area contributed by atoms with Crippen LogP contribution in [0.3, 0.4) is 0 Å². The van der Waals surface area contributed by atoms with Gasteiger partial charge in [0.15, 0.2) is 6.29 Å². The van der Waals surface area contributed by atoms with Gasteiger partial charge >= 0.3 is 0 Å². The lowest BCUT2D eigenvalue weighted by molar-refractivity contribution is 0.111. The Morgan fingerprint density at radius 2 is 1.62 bits per heavy atom. The Labute approximate surface area is 121 Å². The first kappa shape index (κ1) is 13.2. The van der Waals surface area contributed by atoms with Crippen molar-refractivity contribution in [3.63, 3.8) is 0 Å². The van der Waals surface area contributed by atoms with Gasteiger partial charge in [-0.05, 0) is 28.8 Å². The number of benzene rings is 2. The molecule has 0 saturated heterocycles. The van der Waals surface area contributed by atoms with Crippen molar-refractivity contribution in [2.45, 2.75) is 6.42 Å². The number of carbonyl (C=O) groups is 1. The highest BCUT2D eigenvalue weighted by molar-refractivity contribution is 5.74. The van der Waals surface area contributed by atoms with E-state index < -0.39 is 0 Å². The van der Waals surface area contributed by atoms with E-state index >= 15 is 0 Å². The summed E-state index contributed by atoms with van der Waals surface area (Å²) in [5, 5.41) is 6.54. The summed E-state index contributed by atoms with van der Waals surface area (Å²) in [6.45, 7) is 0. The molecule has 104 valence electrons. The minimum absolute atomic E-state index is 0.239. The number of halogens is 1. The minimum atomic E-state index is -0.239. The summed E-state index contributed by atoms with van der Waals surface area (Å²) in [6.07, 6.45) is 3.08. The molecule has 0 amide bonds. The molecular weight excluding hydrogens is 267 g/mol. The number of H-pyrrole nitrogens is 1. The minimum Gasteiger partial charge on any atom is -0.296 e. The summed E-state index contributed by atoms with van der Waals surface area (Å²) < 4.78 is 12.9. The van der Waals surface area contributed by atoms with Crippen molar-refractivity contribution in [1.29, 1.82) is 0 Å². The van der Waals surface area contributed by atoms with Gasteiger partial charge < -0.3 is 0 Å². The lowest BCUT2D eigenvalue weighted by atomic mass is 10.0. The van der Waals surface area contributed by atoms with Crippen LogP contribution in [0.1, 0.15) is 21.6 Å². The molecule has 3 rings (SSSR count). The van der Waals surface area contributed by atoms with Gasteiger partial charge in [-0.2, -0.15) is 5.10 Å². The second-order valence-corrected chi connectivity index (χ2v) is 4.81. The third-order valence-corrected chi connectivity index (χ3v) is 3.40. The van der Waals surface area contributed by atoms with E-state index in [0.717, 1.165) is 28.5 Å². The molecule has 3 nitrogen and oxygen atoms in total. The summed E-state index contributed by atoms with van der Waals surface area (Å²) >= 11 is 0. The molecule has 1 aromatic heterocycles. The van der Waals surface area contributed by atoms with E-state index in [0.29, 0.717) is 12.1 Å². The first-order chi connectivity index (χ1) is 10.3.